The summed E-state index contributed by atoms with van der Waals surface area (Å²) in [6, 6.07) is 14.5. The van der Waals surface area contributed by atoms with Crippen molar-refractivity contribution in [3.8, 4) is 0 Å². The molecule has 20 heavy (non-hydrogen) atoms. The Kier molecular flexibility index (Phi) is 4.74. The minimum Gasteiger partial charge on any atom is -0.466 e. The lowest BCUT2D eigenvalue weighted by atomic mass is 9.96. The maximum atomic E-state index is 11.8. The van der Waals surface area contributed by atoms with E-state index >= 15 is 0 Å². The van der Waals surface area contributed by atoms with Crippen molar-refractivity contribution in [1.82, 2.24) is 4.90 Å². The first kappa shape index (κ1) is 14.5. The monoisotopic (exact) mass is 271 g/mol. The minimum atomic E-state index is -0.154. The zero-order chi connectivity index (χ0) is 14.5. The van der Waals surface area contributed by atoms with Crippen molar-refractivity contribution in [3.05, 3.63) is 48.0 Å². The van der Waals surface area contributed by atoms with Gasteiger partial charge in [0.15, 0.2) is 0 Å². The molecule has 0 aliphatic rings. The highest BCUT2D eigenvalue weighted by Gasteiger charge is 2.20. The van der Waals surface area contributed by atoms with Crippen LogP contribution in [0.15, 0.2) is 42.5 Å². The van der Waals surface area contributed by atoms with Crippen LogP contribution in [-0.4, -0.2) is 31.6 Å². The molecule has 0 fully saturated rings. The number of ether oxygens (including phenoxy) is 1. The molecular formula is C17H21NO2. The number of hydrogen-bond donors (Lipinski definition) is 0. The van der Waals surface area contributed by atoms with Crippen molar-refractivity contribution in [2.45, 2.75) is 19.4 Å². The van der Waals surface area contributed by atoms with Gasteiger partial charge in [-0.05, 0) is 37.4 Å². The third-order valence-corrected chi connectivity index (χ3v) is 3.47. The highest BCUT2D eigenvalue weighted by Crippen LogP contribution is 2.29. The highest BCUT2D eigenvalue weighted by molar-refractivity contribution is 5.86. The van der Waals surface area contributed by atoms with Crippen molar-refractivity contribution >= 4 is 16.7 Å². The third kappa shape index (κ3) is 3.17. The Hall–Kier alpha value is -1.87. The summed E-state index contributed by atoms with van der Waals surface area (Å²) in [5.41, 5.74) is 1.17. The molecule has 2 aromatic rings. The van der Waals surface area contributed by atoms with E-state index < -0.39 is 0 Å². The summed E-state index contributed by atoms with van der Waals surface area (Å²) in [6.07, 6.45) is 0.370. The molecule has 0 spiro atoms. The summed E-state index contributed by atoms with van der Waals surface area (Å²) >= 11 is 0. The molecule has 3 nitrogen and oxygen atoms in total. The van der Waals surface area contributed by atoms with Crippen LogP contribution in [0.3, 0.4) is 0 Å². The zero-order valence-corrected chi connectivity index (χ0v) is 12.3. The van der Waals surface area contributed by atoms with Gasteiger partial charge in [0.25, 0.3) is 0 Å². The molecule has 1 atom stereocenters. The van der Waals surface area contributed by atoms with Gasteiger partial charge in [0.1, 0.15) is 0 Å². The van der Waals surface area contributed by atoms with Crippen molar-refractivity contribution in [1.29, 1.82) is 0 Å². The number of hydrogen-bond acceptors (Lipinski definition) is 3. The Labute approximate surface area is 120 Å². The average molecular weight is 271 g/mol. The Morgan fingerprint density at radius 2 is 1.85 bits per heavy atom. The Bertz CT molecular complexity index is 587. The zero-order valence-electron chi connectivity index (χ0n) is 12.3. The molecule has 3 heteroatoms. The van der Waals surface area contributed by atoms with Crippen LogP contribution in [0.1, 0.15) is 24.9 Å². The second-order valence-electron chi connectivity index (χ2n) is 5.06. The second kappa shape index (κ2) is 6.53. The molecule has 0 bridgehead atoms. The van der Waals surface area contributed by atoms with Gasteiger partial charge in [-0.15, -0.1) is 0 Å². The molecule has 0 heterocycles. The van der Waals surface area contributed by atoms with Crippen LogP contribution >= 0.6 is 0 Å². The molecule has 0 aliphatic heterocycles. The maximum Gasteiger partial charge on any atom is 0.307 e. The van der Waals surface area contributed by atoms with Crippen LogP contribution in [0.5, 0.6) is 0 Å². The van der Waals surface area contributed by atoms with Gasteiger partial charge in [-0.3, -0.25) is 4.79 Å². The van der Waals surface area contributed by atoms with E-state index in [2.05, 4.69) is 29.2 Å². The van der Waals surface area contributed by atoms with Crippen LogP contribution in [0.2, 0.25) is 0 Å². The molecule has 106 valence electrons. The minimum absolute atomic E-state index is 0.0279. The van der Waals surface area contributed by atoms with Gasteiger partial charge in [-0.1, -0.05) is 42.5 Å². The van der Waals surface area contributed by atoms with E-state index in [1.807, 2.05) is 39.2 Å². The van der Waals surface area contributed by atoms with E-state index in [0.717, 1.165) is 0 Å². The van der Waals surface area contributed by atoms with Gasteiger partial charge < -0.3 is 9.64 Å². The van der Waals surface area contributed by atoms with Gasteiger partial charge in [-0.2, -0.15) is 0 Å². The fourth-order valence-corrected chi connectivity index (χ4v) is 2.49. The molecule has 0 radical (unpaired) electrons. The normalized spacial score (nSPS) is 12.6. The molecule has 0 saturated heterocycles. The predicted octanol–water partition coefficient (Wildman–Crippen LogP) is 3.40. The van der Waals surface area contributed by atoms with Crippen LogP contribution < -0.4 is 0 Å². The molecule has 0 amide bonds. The number of nitrogens with zero attached hydrogens (tertiary/aromatic N) is 1. The third-order valence-electron chi connectivity index (χ3n) is 3.47. The molecule has 0 aliphatic carbocycles. The maximum absolute atomic E-state index is 11.8. The van der Waals surface area contributed by atoms with E-state index in [1.165, 1.54) is 16.3 Å². The number of fused-ring (bicyclic) bond motifs is 1. The molecule has 2 aromatic carbocycles. The first-order valence-corrected chi connectivity index (χ1v) is 6.93. The number of carbonyl (C=O) groups is 1. The predicted molar refractivity (Wildman–Crippen MR) is 81.6 cm³/mol. The average Bonchev–Trinajstić information content (AvgIpc) is 2.44. The fraction of sp³-hybridized carbons (Fsp3) is 0.353. The van der Waals surface area contributed by atoms with Crippen molar-refractivity contribution < 1.29 is 9.53 Å². The number of esters is 1. The molecule has 0 N–H and O–H groups in total. The van der Waals surface area contributed by atoms with E-state index in [1.54, 1.807) is 0 Å². The van der Waals surface area contributed by atoms with Gasteiger partial charge in [0, 0.05) is 6.04 Å². The van der Waals surface area contributed by atoms with Crippen molar-refractivity contribution in [3.63, 3.8) is 0 Å². The lowest BCUT2D eigenvalue weighted by Crippen LogP contribution is -2.24. The molecule has 2 rings (SSSR count). The van der Waals surface area contributed by atoms with Gasteiger partial charge >= 0.3 is 5.97 Å². The standard InChI is InChI=1S/C17H21NO2/c1-4-20-17(19)12-16(18(2)3)15-11-7-9-13-8-5-6-10-14(13)15/h5-11,16H,4,12H2,1-3H3. The Morgan fingerprint density at radius 1 is 1.15 bits per heavy atom. The molecular weight excluding hydrogens is 250 g/mol. The molecule has 0 saturated carbocycles. The number of carbonyl (C=O) groups excluding carboxylic acids is 1. The SMILES string of the molecule is CCOC(=O)CC(c1cccc2ccccc12)N(C)C. The summed E-state index contributed by atoms with van der Waals surface area (Å²) in [4.78, 5) is 13.9. The van der Waals surface area contributed by atoms with Crippen molar-refractivity contribution in [2.24, 2.45) is 0 Å². The topological polar surface area (TPSA) is 29.5 Å². The van der Waals surface area contributed by atoms with E-state index in [-0.39, 0.29) is 12.0 Å². The quantitative estimate of drug-likeness (QED) is 0.781. The van der Waals surface area contributed by atoms with Crippen molar-refractivity contribution in [2.75, 3.05) is 20.7 Å². The highest BCUT2D eigenvalue weighted by atomic mass is 16.5. The van der Waals surface area contributed by atoms with E-state index in [9.17, 15) is 4.79 Å². The van der Waals surface area contributed by atoms with Gasteiger partial charge in [0.05, 0.1) is 13.0 Å². The number of rotatable bonds is 5. The summed E-state index contributed by atoms with van der Waals surface area (Å²) in [7, 11) is 3.98. The van der Waals surface area contributed by atoms with Crippen LogP contribution in [-0.2, 0) is 9.53 Å². The fourth-order valence-electron chi connectivity index (χ4n) is 2.49. The lowest BCUT2D eigenvalue weighted by molar-refractivity contribution is -0.144. The largest absolute Gasteiger partial charge is 0.466 e. The van der Waals surface area contributed by atoms with Crippen LogP contribution in [0.4, 0.5) is 0 Å². The van der Waals surface area contributed by atoms with E-state index in [0.29, 0.717) is 13.0 Å². The van der Waals surface area contributed by atoms with Crippen LogP contribution in [0, 0.1) is 0 Å². The lowest BCUT2D eigenvalue weighted by Gasteiger charge is -2.25. The Morgan fingerprint density at radius 3 is 2.55 bits per heavy atom. The van der Waals surface area contributed by atoms with E-state index in [4.69, 9.17) is 4.74 Å². The van der Waals surface area contributed by atoms with Gasteiger partial charge in [-0.25, -0.2) is 0 Å². The number of benzene rings is 2. The first-order valence-electron chi connectivity index (χ1n) is 6.93. The summed E-state index contributed by atoms with van der Waals surface area (Å²) < 4.78 is 5.09. The summed E-state index contributed by atoms with van der Waals surface area (Å²) in [5, 5.41) is 2.39. The summed E-state index contributed by atoms with van der Waals surface area (Å²) in [5.74, 6) is -0.154. The second-order valence-corrected chi connectivity index (χ2v) is 5.06. The first-order chi connectivity index (χ1) is 9.63. The Balaban J connectivity index is 2.39. The molecule has 0 aromatic heterocycles. The molecule has 1 unspecified atom stereocenters. The summed E-state index contributed by atoms with van der Waals surface area (Å²) in [6.45, 7) is 2.26. The smallest absolute Gasteiger partial charge is 0.307 e. The van der Waals surface area contributed by atoms with Crippen LogP contribution in [0.25, 0.3) is 10.8 Å². The van der Waals surface area contributed by atoms with Gasteiger partial charge in [0.2, 0.25) is 0 Å².